The van der Waals surface area contributed by atoms with Crippen LogP contribution in [0.15, 0.2) is 29.6 Å². The molecule has 22 heavy (non-hydrogen) atoms. The predicted molar refractivity (Wildman–Crippen MR) is 82.1 cm³/mol. The summed E-state index contributed by atoms with van der Waals surface area (Å²) < 4.78 is 26.7. The Bertz CT molecular complexity index is 701. The van der Waals surface area contributed by atoms with Gasteiger partial charge in [-0.25, -0.2) is 8.78 Å². The molecule has 1 unspecified atom stereocenters. The number of carbonyl (C=O) groups is 1. The Morgan fingerprint density at radius 3 is 3.05 bits per heavy atom. The summed E-state index contributed by atoms with van der Waals surface area (Å²) >= 11 is 1.75. The first-order valence-electron chi connectivity index (χ1n) is 7.20. The van der Waals surface area contributed by atoms with E-state index >= 15 is 0 Å². The molecule has 116 valence electrons. The second-order valence-electron chi connectivity index (χ2n) is 5.53. The third-order valence-electron chi connectivity index (χ3n) is 4.12. The minimum Gasteiger partial charge on any atom is -0.321 e. The number of nitrogens with one attached hydrogen (secondary N) is 2. The summed E-state index contributed by atoms with van der Waals surface area (Å²) in [6.45, 7) is 3.20. The van der Waals surface area contributed by atoms with Crippen molar-refractivity contribution in [2.75, 3.05) is 18.4 Å². The molecule has 0 aliphatic carbocycles. The van der Waals surface area contributed by atoms with Crippen molar-refractivity contribution in [2.24, 2.45) is 0 Å². The maximum atomic E-state index is 13.6. The molecular formula is C16H17F2N2OS+. The molecule has 1 amide bonds. The van der Waals surface area contributed by atoms with Gasteiger partial charge in [-0.1, -0.05) is 0 Å². The van der Waals surface area contributed by atoms with E-state index in [9.17, 15) is 13.6 Å². The van der Waals surface area contributed by atoms with Gasteiger partial charge in [0.1, 0.15) is 17.7 Å². The maximum absolute atomic E-state index is 13.6. The number of carbonyl (C=O) groups excluding carboxylic acids is 1. The molecule has 0 fully saturated rings. The Morgan fingerprint density at radius 1 is 1.41 bits per heavy atom. The summed E-state index contributed by atoms with van der Waals surface area (Å²) in [5.74, 6) is -1.50. The van der Waals surface area contributed by atoms with Crippen molar-refractivity contribution in [3.8, 4) is 0 Å². The molecule has 2 heterocycles. The lowest BCUT2D eigenvalue weighted by Gasteiger charge is -2.29. The molecule has 1 aliphatic rings. The van der Waals surface area contributed by atoms with E-state index in [1.807, 2.05) is 0 Å². The van der Waals surface area contributed by atoms with Gasteiger partial charge in [-0.3, -0.25) is 4.79 Å². The van der Waals surface area contributed by atoms with Gasteiger partial charge in [-0.2, -0.15) is 0 Å². The van der Waals surface area contributed by atoms with Crippen LogP contribution in [0.4, 0.5) is 14.5 Å². The molecule has 0 saturated carbocycles. The van der Waals surface area contributed by atoms with Crippen LogP contribution < -0.4 is 10.2 Å². The van der Waals surface area contributed by atoms with Crippen LogP contribution in [-0.4, -0.2) is 19.0 Å². The van der Waals surface area contributed by atoms with Crippen LogP contribution >= 0.6 is 11.3 Å². The van der Waals surface area contributed by atoms with E-state index in [4.69, 9.17) is 0 Å². The molecular weight excluding hydrogens is 306 g/mol. The minimum absolute atomic E-state index is 0.106. The highest BCUT2D eigenvalue weighted by atomic mass is 32.1. The van der Waals surface area contributed by atoms with Crippen LogP contribution in [0.2, 0.25) is 0 Å². The second kappa shape index (κ2) is 6.14. The Balaban J connectivity index is 1.66. The van der Waals surface area contributed by atoms with Gasteiger partial charge in [0.25, 0.3) is 5.91 Å². The number of anilines is 1. The zero-order valence-electron chi connectivity index (χ0n) is 12.2. The van der Waals surface area contributed by atoms with Crippen LogP contribution in [0.1, 0.15) is 23.4 Å². The molecule has 2 aromatic rings. The number of hydrogen-bond acceptors (Lipinski definition) is 2. The van der Waals surface area contributed by atoms with E-state index in [0.717, 1.165) is 36.1 Å². The van der Waals surface area contributed by atoms with Crippen LogP contribution in [-0.2, 0) is 11.2 Å². The van der Waals surface area contributed by atoms with E-state index < -0.39 is 11.6 Å². The Labute approximate surface area is 131 Å². The van der Waals surface area contributed by atoms with E-state index in [1.54, 1.807) is 11.3 Å². The standard InChI is InChI=1S/C16H16F2N2OS/c1-10-12-5-7-22-15(12)4-6-20(10)9-16(21)19-14-8-11(17)2-3-13(14)18/h2-3,5,7-8,10H,4,6,9H2,1H3,(H,19,21)/p+1/t10-/m1/s1. The van der Waals surface area contributed by atoms with Crippen molar-refractivity contribution in [3.05, 3.63) is 51.7 Å². The number of halogens is 2. The first kappa shape index (κ1) is 15.1. The second-order valence-corrected chi connectivity index (χ2v) is 6.53. The molecule has 2 N–H and O–H groups in total. The summed E-state index contributed by atoms with van der Waals surface area (Å²) in [6.07, 6.45) is 0.953. The van der Waals surface area contributed by atoms with Crippen LogP contribution in [0, 0.1) is 11.6 Å². The van der Waals surface area contributed by atoms with Crippen molar-refractivity contribution < 1.29 is 18.5 Å². The fourth-order valence-corrected chi connectivity index (χ4v) is 3.87. The van der Waals surface area contributed by atoms with Gasteiger partial charge in [-0.05, 0) is 30.5 Å². The molecule has 1 aromatic carbocycles. The van der Waals surface area contributed by atoms with E-state index in [2.05, 4.69) is 23.7 Å². The lowest BCUT2D eigenvalue weighted by Crippen LogP contribution is -3.14. The van der Waals surface area contributed by atoms with E-state index in [0.29, 0.717) is 0 Å². The number of fused-ring (bicyclic) bond motifs is 1. The zero-order chi connectivity index (χ0) is 15.7. The molecule has 3 rings (SSSR count). The average Bonchev–Trinajstić information content (AvgIpc) is 2.95. The summed E-state index contributed by atoms with van der Waals surface area (Å²) in [7, 11) is 0. The summed E-state index contributed by atoms with van der Waals surface area (Å²) in [5.41, 5.74) is 1.18. The Kier molecular flexibility index (Phi) is 4.22. The predicted octanol–water partition coefficient (Wildman–Crippen LogP) is 2.17. The first-order chi connectivity index (χ1) is 10.5. The van der Waals surface area contributed by atoms with Gasteiger partial charge in [0.2, 0.25) is 0 Å². The summed E-state index contributed by atoms with van der Waals surface area (Å²) in [4.78, 5) is 14.6. The molecule has 0 bridgehead atoms. The number of quaternary nitrogens is 1. The van der Waals surface area contributed by atoms with Crippen molar-refractivity contribution in [2.45, 2.75) is 19.4 Å². The smallest absolute Gasteiger partial charge is 0.279 e. The third-order valence-corrected chi connectivity index (χ3v) is 5.12. The summed E-state index contributed by atoms with van der Waals surface area (Å²) in [6, 6.07) is 5.38. The third kappa shape index (κ3) is 3.03. The molecule has 0 saturated heterocycles. The fourth-order valence-electron chi connectivity index (χ4n) is 2.89. The highest BCUT2D eigenvalue weighted by Gasteiger charge is 2.29. The van der Waals surface area contributed by atoms with Gasteiger partial charge in [0.05, 0.1) is 12.2 Å². The molecule has 3 nitrogen and oxygen atoms in total. The van der Waals surface area contributed by atoms with E-state index in [1.165, 1.54) is 10.4 Å². The fraction of sp³-hybridized carbons (Fsp3) is 0.312. The molecule has 0 radical (unpaired) electrons. The number of hydrogen-bond donors (Lipinski definition) is 2. The highest BCUT2D eigenvalue weighted by molar-refractivity contribution is 7.10. The van der Waals surface area contributed by atoms with Crippen molar-refractivity contribution >= 4 is 22.9 Å². The van der Waals surface area contributed by atoms with Gasteiger partial charge >= 0.3 is 0 Å². The van der Waals surface area contributed by atoms with Gasteiger partial charge in [-0.15, -0.1) is 11.3 Å². The van der Waals surface area contributed by atoms with Crippen molar-refractivity contribution in [1.82, 2.24) is 0 Å². The topological polar surface area (TPSA) is 33.5 Å². The minimum atomic E-state index is -0.628. The number of rotatable bonds is 3. The average molecular weight is 323 g/mol. The monoisotopic (exact) mass is 323 g/mol. The normalized spacial score (nSPS) is 20.5. The Hall–Kier alpha value is -1.79. The SMILES string of the molecule is C[C@@H]1c2ccsc2CC[NH+]1CC(=O)Nc1cc(F)ccc1F. The van der Waals surface area contributed by atoms with Crippen LogP contribution in [0.3, 0.4) is 0 Å². The number of thiophene rings is 1. The van der Waals surface area contributed by atoms with Gasteiger partial charge < -0.3 is 10.2 Å². The zero-order valence-corrected chi connectivity index (χ0v) is 13.0. The van der Waals surface area contributed by atoms with Crippen molar-refractivity contribution in [1.29, 1.82) is 0 Å². The molecule has 0 spiro atoms. The first-order valence-corrected chi connectivity index (χ1v) is 8.08. The largest absolute Gasteiger partial charge is 0.321 e. The lowest BCUT2D eigenvalue weighted by atomic mass is 10.0. The van der Waals surface area contributed by atoms with Gasteiger partial charge in [0.15, 0.2) is 6.54 Å². The lowest BCUT2D eigenvalue weighted by molar-refractivity contribution is -0.923. The summed E-state index contributed by atoms with van der Waals surface area (Å²) in [5, 5.41) is 4.54. The van der Waals surface area contributed by atoms with Crippen molar-refractivity contribution in [3.63, 3.8) is 0 Å². The Morgan fingerprint density at radius 2 is 2.23 bits per heavy atom. The number of amides is 1. The molecule has 1 aromatic heterocycles. The molecule has 1 aliphatic heterocycles. The molecule has 6 heteroatoms. The number of benzene rings is 1. The maximum Gasteiger partial charge on any atom is 0.279 e. The van der Waals surface area contributed by atoms with E-state index in [-0.39, 0.29) is 24.2 Å². The molecule has 2 atom stereocenters. The van der Waals surface area contributed by atoms with Crippen LogP contribution in [0.5, 0.6) is 0 Å². The highest BCUT2D eigenvalue weighted by Crippen LogP contribution is 2.24. The quantitative estimate of drug-likeness (QED) is 0.892. The van der Waals surface area contributed by atoms with Crippen LogP contribution in [0.25, 0.3) is 0 Å². The van der Waals surface area contributed by atoms with Gasteiger partial charge in [0, 0.05) is 22.9 Å².